The van der Waals surface area contributed by atoms with Crippen LogP contribution in [0.1, 0.15) is 57.9 Å². The van der Waals surface area contributed by atoms with Gasteiger partial charge in [-0.15, -0.1) is 0 Å². The lowest BCUT2D eigenvalue weighted by molar-refractivity contribution is -0.127. The third-order valence-corrected chi connectivity index (χ3v) is 6.25. The Labute approximate surface area is 203 Å². The minimum Gasteiger partial charge on any atom is -0.486 e. The Bertz CT molecular complexity index is 927. The molecule has 1 aromatic heterocycles. The lowest BCUT2D eigenvalue weighted by Gasteiger charge is -2.26. The molecule has 1 aromatic carbocycles. The Balaban J connectivity index is 1.34. The number of anilines is 3. The van der Waals surface area contributed by atoms with E-state index in [1.807, 2.05) is 18.7 Å². The van der Waals surface area contributed by atoms with Crippen molar-refractivity contribution >= 4 is 23.4 Å². The highest BCUT2D eigenvalue weighted by atomic mass is 16.5. The SMILES string of the molecule is CC(C)Oc1cnc(Nc2ccc(CN3CCCCC3)cc2)nc1NCCCN1CCCC1=O. The molecule has 0 unspecified atom stereocenters. The Morgan fingerprint density at radius 1 is 1.06 bits per heavy atom. The highest BCUT2D eigenvalue weighted by Gasteiger charge is 2.19. The molecule has 3 heterocycles. The predicted molar refractivity (Wildman–Crippen MR) is 136 cm³/mol. The van der Waals surface area contributed by atoms with Gasteiger partial charge < -0.3 is 20.3 Å². The molecule has 2 N–H and O–H groups in total. The molecule has 2 aliphatic rings. The van der Waals surface area contributed by atoms with E-state index in [1.165, 1.54) is 37.9 Å². The number of carbonyl (C=O) groups is 1. The standard InChI is InChI=1S/C26H38N6O2/c1-20(2)34-23-18-28-26(30-25(23)27-13-7-17-32-16-6-8-24(32)33)29-22-11-9-21(10-12-22)19-31-14-4-3-5-15-31/h9-12,18,20H,3-8,13-17,19H2,1-2H3,(H2,27,28,29,30). The molecule has 0 aliphatic carbocycles. The molecule has 2 aromatic rings. The first kappa shape index (κ1) is 24.3. The molecular formula is C26H38N6O2. The highest BCUT2D eigenvalue weighted by molar-refractivity contribution is 5.78. The van der Waals surface area contributed by atoms with Crippen molar-refractivity contribution < 1.29 is 9.53 Å². The van der Waals surface area contributed by atoms with Crippen molar-refractivity contribution in [3.63, 3.8) is 0 Å². The Morgan fingerprint density at radius 2 is 1.85 bits per heavy atom. The van der Waals surface area contributed by atoms with Gasteiger partial charge >= 0.3 is 0 Å². The number of hydrogen-bond donors (Lipinski definition) is 2. The zero-order valence-corrected chi connectivity index (χ0v) is 20.6. The second-order valence-electron chi connectivity index (χ2n) is 9.50. The summed E-state index contributed by atoms with van der Waals surface area (Å²) in [6.45, 7) is 9.73. The van der Waals surface area contributed by atoms with Crippen molar-refractivity contribution in [2.24, 2.45) is 0 Å². The van der Waals surface area contributed by atoms with E-state index in [0.717, 1.165) is 38.2 Å². The molecule has 0 spiro atoms. The minimum absolute atomic E-state index is 0.0256. The molecule has 4 rings (SSSR count). The lowest BCUT2D eigenvalue weighted by atomic mass is 10.1. The van der Waals surface area contributed by atoms with Crippen LogP contribution in [-0.4, -0.2) is 64.5 Å². The molecule has 0 saturated carbocycles. The quantitative estimate of drug-likeness (QED) is 0.475. The molecule has 184 valence electrons. The summed E-state index contributed by atoms with van der Waals surface area (Å²) in [5.74, 6) is 2.09. The summed E-state index contributed by atoms with van der Waals surface area (Å²) in [5.41, 5.74) is 2.28. The second kappa shape index (κ2) is 12.0. The van der Waals surface area contributed by atoms with E-state index < -0.39 is 0 Å². The average molecular weight is 467 g/mol. The highest BCUT2D eigenvalue weighted by Crippen LogP contribution is 2.25. The molecule has 0 atom stereocenters. The molecule has 8 nitrogen and oxygen atoms in total. The number of piperidine rings is 1. The fourth-order valence-corrected chi connectivity index (χ4v) is 4.51. The van der Waals surface area contributed by atoms with Gasteiger partial charge in [0.15, 0.2) is 11.6 Å². The third kappa shape index (κ3) is 7.06. The Hall–Kier alpha value is -2.87. The topological polar surface area (TPSA) is 82.6 Å². The second-order valence-corrected chi connectivity index (χ2v) is 9.50. The first-order valence-electron chi connectivity index (χ1n) is 12.7. The van der Waals surface area contributed by atoms with Gasteiger partial charge in [0.05, 0.1) is 12.3 Å². The number of amides is 1. The summed E-state index contributed by atoms with van der Waals surface area (Å²) >= 11 is 0. The first-order valence-corrected chi connectivity index (χ1v) is 12.7. The van der Waals surface area contributed by atoms with E-state index in [4.69, 9.17) is 4.74 Å². The molecule has 0 radical (unpaired) electrons. The number of benzene rings is 1. The normalized spacial score (nSPS) is 16.8. The van der Waals surface area contributed by atoms with Crippen LogP contribution in [0.2, 0.25) is 0 Å². The van der Waals surface area contributed by atoms with Crippen molar-refractivity contribution in [3.05, 3.63) is 36.0 Å². The zero-order chi connectivity index (χ0) is 23.8. The smallest absolute Gasteiger partial charge is 0.229 e. The van der Waals surface area contributed by atoms with Crippen LogP contribution in [0.4, 0.5) is 17.5 Å². The molecule has 2 aliphatic heterocycles. The van der Waals surface area contributed by atoms with Gasteiger partial charge in [-0.3, -0.25) is 9.69 Å². The average Bonchev–Trinajstić information content (AvgIpc) is 3.24. The predicted octanol–water partition coefficient (Wildman–Crippen LogP) is 4.42. The van der Waals surface area contributed by atoms with Gasteiger partial charge in [-0.25, -0.2) is 4.98 Å². The molecule has 8 heteroatoms. The molecule has 1 amide bonds. The molecule has 0 bridgehead atoms. The third-order valence-electron chi connectivity index (χ3n) is 6.25. The Kier molecular flexibility index (Phi) is 8.57. The molecular weight excluding hydrogens is 428 g/mol. The van der Waals surface area contributed by atoms with Crippen LogP contribution in [-0.2, 0) is 11.3 Å². The largest absolute Gasteiger partial charge is 0.486 e. The number of likely N-dealkylation sites (tertiary alicyclic amines) is 2. The van der Waals surface area contributed by atoms with E-state index in [1.54, 1.807) is 6.20 Å². The van der Waals surface area contributed by atoms with Crippen LogP contribution in [0, 0.1) is 0 Å². The van der Waals surface area contributed by atoms with Crippen molar-refractivity contribution in [1.82, 2.24) is 19.8 Å². The van der Waals surface area contributed by atoms with Crippen molar-refractivity contribution in [2.45, 2.75) is 65.0 Å². The van der Waals surface area contributed by atoms with Gasteiger partial charge in [0.25, 0.3) is 0 Å². The first-order chi connectivity index (χ1) is 16.6. The van der Waals surface area contributed by atoms with Crippen molar-refractivity contribution in [1.29, 1.82) is 0 Å². The summed E-state index contributed by atoms with van der Waals surface area (Å²) < 4.78 is 5.90. The van der Waals surface area contributed by atoms with E-state index in [0.29, 0.717) is 30.5 Å². The van der Waals surface area contributed by atoms with Crippen molar-refractivity contribution in [3.8, 4) is 5.75 Å². The van der Waals surface area contributed by atoms with Gasteiger partial charge in [0.1, 0.15) is 0 Å². The molecule has 2 saturated heterocycles. The number of carbonyl (C=O) groups excluding carboxylic acids is 1. The van der Waals surface area contributed by atoms with E-state index in [2.05, 4.69) is 49.8 Å². The number of rotatable bonds is 11. The van der Waals surface area contributed by atoms with Gasteiger partial charge in [0.2, 0.25) is 11.9 Å². The number of nitrogens with one attached hydrogen (secondary N) is 2. The van der Waals surface area contributed by atoms with Crippen LogP contribution in [0.15, 0.2) is 30.5 Å². The van der Waals surface area contributed by atoms with Gasteiger partial charge in [0, 0.05) is 38.3 Å². The molecule has 34 heavy (non-hydrogen) atoms. The minimum atomic E-state index is 0.0256. The fraction of sp³-hybridized carbons (Fsp3) is 0.577. The summed E-state index contributed by atoms with van der Waals surface area (Å²) in [5, 5.41) is 6.69. The van der Waals surface area contributed by atoms with E-state index >= 15 is 0 Å². The fourth-order valence-electron chi connectivity index (χ4n) is 4.51. The van der Waals surface area contributed by atoms with Crippen molar-refractivity contribution in [2.75, 3.05) is 43.4 Å². The summed E-state index contributed by atoms with van der Waals surface area (Å²) in [4.78, 5) is 25.4. The number of nitrogens with zero attached hydrogens (tertiary/aromatic N) is 4. The molecule has 2 fully saturated rings. The van der Waals surface area contributed by atoms with Crippen LogP contribution in [0.5, 0.6) is 5.75 Å². The maximum Gasteiger partial charge on any atom is 0.229 e. The van der Waals surface area contributed by atoms with Crippen LogP contribution >= 0.6 is 0 Å². The number of ether oxygens (including phenoxy) is 1. The maximum atomic E-state index is 11.8. The summed E-state index contributed by atoms with van der Waals surface area (Å²) in [6, 6.07) is 8.51. The van der Waals surface area contributed by atoms with Crippen LogP contribution in [0.3, 0.4) is 0 Å². The van der Waals surface area contributed by atoms with Crippen LogP contribution < -0.4 is 15.4 Å². The van der Waals surface area contributed by atoms with E-state index in [-0.39, 0.29) is 12.0 Å². The van der Waals surface area contributed by atoms with Gasteiger partial charge in [-0.05, 0) is 70.3 Å². The summed E-state index contributed by atoms with van der Waals surface area (Å²) in [7, 11) is 0. The van der Waals surface area contributed by atoms with Gasteiger partial charge in [-0.1, -0.05) is 18.6 Å². The number of aromatic nitrogens is 2. The maximum absolute atomic E-state index is 11.8. The van der Waals surface area contributed by atoms with Gasteiger partial charge in [-0.2, -0.15) is 4.98 Å². The Morgan fingerprint density at radius 3 is 2.56 bits per heavy atom. The summed E-state index contributed by atoms with van der Waals surface area (Å²) in [6.07, 6.45) is 8.22. The zero-order valence-electron chi connectivity index (χ0n) is 20.6. The van der Waals surface area contributed by atoms with Crippen LogP contribution in [0.25, 0.3) is 0 Å². The lowest BCUT2D eigenvalue weighted by Crippen LogP contribution is -2.29. The monoisotopic (exact) mass is 466 g/mol. The number of hydrogen-bond acceptors (Lipinski definition) is 7. The van der Waals surface area contributed by atoms with E-state index in [9.17, 15) is 4.79 Å².